The molecule has 164 valence electrons. The van der Waals surface area contributed by atoms with Crippen molar-refractivity contribution >= 4 is 12.1 Å². The van der Waals surface area contributed by atoms with Gasteiger partial charge in [-0.3, -0.25) is 4.79 Å². The highest BCUT2D eigenvalue weighted by atomic mass is 16.1. The summed E-state index contributed by atoms with van der Waals surface area (Å²) in [6.07, 6.45) is 19.7. The number of hydrogen-bond donors (Lipinski definition) is 0. The molecule has 30 heavy (non-hydrogen) atoms. The van der Waals surface area contributed by atoms with Crippen molar-refractivity contribution in [3.05, 3.63) is 0 Å². The molecule has 0 aromatic carbocycles. The number of fused-ring (bicyclic) bond motifs is 7. The first-order chi connectivity index (χ1) is 14.1. The second kappa shape index (κ2) is 6.24. The lowest BCUT2D eigenvalue weighted by Gasteiger charge is -2.71. The number of aldehydes is 1. The van der Waals surface area contributed by atoms with Gasteiger partial charge in [0.25, 0.3) is 0 Å². The monoisotopic (exact) mass is 408 g/mol. The lowest BCUT2D eigenvalue weighted by atomic mass is 9.32. The van der Waals surface area contributed by atoms with Crippen LogP contribution in [0.1, 0.15) is 98.3 Å². The fraction of sp³-hybridized carbons (Fsp3) is 0.857. The van der Waals surface area contributed by atoms with E-state index in [-0.39, 0.29) is 16.2 Å². The first kappa shape index (κ1) is 20.8. The van der Waals surface area contributed by atoms with Crippen LogP contribution in [0.2, 0.25) is 0 Å². The molecule has 0 radical (unpaired) electrons. The Morgan fingerprint density at radius 2 is 1.63 bits per heavy atom. The molecule has 2 heteroatoms. The second-order valence-corrected chi connectivity index (χ2v) is 12.8. The zero-order valence-electron chi connectivity index (χ0n) is 19.6. The van der Waals surface area contributed by atoms with E-state index in [1.165, 1.54) is 44.8 Å². The third-order valence-electron chi connectivity index (χ3n) is 12.4. The highest BCUT2D eigenvalue weighted by Crippen LogP contribution is 2.76. The van der Waals surface area contributed by atoms with Crippen LogP contribution in [0.25, 0.3) is 0 Å². The third kappa shape index (κ3) is 2.18. The molecule has 0 spiro atoms. The minimum absolute atomic E-state index is 0.0201. The van der Waals surface area contributed by atoms with Crippen LogP contribution in [-0.2, 0) is 9.59 Å². The van der Waals surface area contributed by atoms with E-state index in [9.17, 15) is 9.59 Å². The number of ketones is 1. The predicted octanol–water partition coefficient (Wildman–Crippen LogP) is 6.22. The van der Waals surface area contributed by atoms with Crippen molar-refractivity contribution in [2.24, 2.45) is 50.7 Å². The lowest BCUT2D eigenvalue weighted by Crippen LogP contribution is -2.66. The molecule has 5 rings (SSSR count). The molecule has 0 saturated heterocycles. The summed E-state index contributed by atoms with van der Waals surface area (Å²) in [4.78, 5) is 25.1. The largest absolute Gasteiger partial charge is 0.303 e. The first-order valence-electron chi connectivity index (χ1n) is 12.6. The van der Waals surface area contributed by atoms with Crippen molar-refractivity contribution in [2.45, 2.75) is 98.3 Å². The quantitative estimate of drug-likeness (QED) is 0.381. The molecule has 5 aliphatic carbocycles. The van der Waals surface area contributed by atoms with Crippen molar-refractivity contribution < 1.29 is 9.59 Å². The summed E-state index contributed by atoms with van der Waals surface area (Å²) in [6, 6.07) is 0. The molecule has 5 fully saturated rings. The molecule has 2 nitrogen and oxygen atoms in total. The minimum Gasteiger partial charge on any atom is -0.303 e. The Morgan fingerprint density at radius 3 is 2.33 bits per heavy atom. The highest BCUT2D eigenvalue weighted by Gasteiger charge is 2.70. The van der Waals surface area contributed by atoms with E-state index in [2.05, 4.69) is 33.6 Å². The number of Topliss-reactive ketones (excluding diaryl/α,β-unsaturated/α-hetero) is 1. The normalized spacial score (nSPS) is 57.4. The van der Waals surface area contributed by atoms with Gasteiger partial charge in [-0.05, 0) is 105 Å². The van der Waals surface area contributed by atoms with Gasteiger partial charge in [-0.1, -0.05) is 33.1 Å². The minimum atomic E-state index is -0.587. The van der Waals surface area contributed by atoms with Gasteiger partial charge in [-0.15, -0.1) is 6.42 Å². The molecule has 5 aliphatic rings. The predicted molar refractivity (Wildman–Crippen MR) is 120 cm³/mol. The maximum absolute atomic E-state index is 12.9. The molecule has 0 heterocycles. The topological polar surface area (TPSA) is 34.1 Å². The number of carbonyl (C=O) groups excluding carboxylic acids is 2. The third-order valence-corrected chi connectivity index (χ3v) is 12.4. The Hall–Kier alpha value is -1.10. The molecular weight excluding hydrogens is 368 g/mol. The Balaban J connectivity index is 1.55. The van der Waals surface area contributed by atoms with Gasteiger partial charge in [-0.25, -0.2) is 0 Å². The number of terminal acetylenes is 1. The number of rotatable bonds is 1. The maximum Gasteiger partial charge on any atom is 0.150 e. The number of carbonyl (C=O) groups is 2. The van der Waals surface area contributed by atoms with Crippen LogP contribution in [0.15, 0.2) is 0 Å². The fourth-order valence-corrected chi connectivity index (χ4v) is 10.5. The molecule has 0 aromatic heterocycles. The van der Waals surface area contributed by atoms with Crippen molar-refractivity contribution in [2.75, 3.05) is 0 Å². The van der Waals surface area contributed by atoms with Crippen LogP contribution >= 0.6 is 0 Å². The molecule has 5 saturated carbocycles. The van der Waals surface area contributed by atoms with E-state index < -0.39 is 5.41 Å². The summed E-state index contributed by atoms with van der Waals surface area (Å²) in [7, 11) is 0. The van der Waals surface area contributed by atoms with Gasteiger partial charge in [0.05, 0.1) is 5.41 Å². The Kier molecular flexibility index (Phi) is 4.32. The SMILES string of the molecule is C#C[C@]1(C)C(=O)CC[C@@]2(C)C1CC[C@]1(C)C2CCC2C3CCCC3(C=O)CC[C@]21C. The van der Waals surface area contributed by atoms with Crippen LogP contribution in [-0.4, -0.2) is 12.1 Å². The summed E-state index contributed by atoms with van der Waals surface area (Å²) >= 11 is 0. The second-order valence-electron chi connectivity index (χ2n) is 12.8. The molecular formula is C28H40O2. The van der Waals surface area contributed by atoms with E-state index >= 15 is 0 Å². The van der Waals surface area contributed by atoms with E-state index in [0.717, 1.165) is 25.7 Å². The van der Waals surface area contributed by atoms with E-state index in [0.29, 0.717) is 41.3 Å². The van der Waals surface area contributed by atoms with Gasteiger partial charge in [0.2, 0.25) is 0 Å². The molecule has 0 aliphatic heterocycles. The van der Waals surface area contributed by atoms with Crippen molar-refractivity contribution in [1.29, 1.82) is 0 Å². The van der Waals surface area contributed by atoms with Crippen LogP contribution < -0.4 is 0 Å². The summed E-state index contributed by atoms with van der Waals surface area (Å²) in [5.74, 6) is 5.52. The van der Waals surface area contributed by atoms with Gasteiger partial charge in [-0.2, -0.15) is 0 Å². The lowest BCUT2D eigenvalue weighted by molar-refractivity contribution is -0.226. The van der Waals surface area contributed by atoms with Crippen molar-refractivity contribution in [3.63, 3.8) is 0 Å². The molecule has 0 bridgehead atoms. The smallest absolute Gasteiger partial charge is 0.150 e. The zero-order chi connectivity index (χ0) is 21.6. The van der Waals surface area contributed by atoms with Crippen LogP contribution in [0.5, 0.6) is 0 Å². The average molecular weight is 409 g/mol. The Morgan fingerprint density at radius 1 is 0.867 bits per heavy atom. The van der Waals surface area contributed by atoms with E-state index in [4.69, 9.17) is 6.42 Å². The van der Waals surface area contributed by atoms with E-state index in [1.807, 2.05) is 0 Å². The van der Waals surface area contributed by atoms with Crippen molar-refractivity contribution in [1.82, 2.24) is 0 Å². The van der Waals surface area contributed by atoms with Crippen LogP contribution in [0, 0.1) is 63.1 Å². The highest BCUT2D eigenvalue weighted by molar-refractivity contribution is 5.89. The van der Waals surface area contributed by atoms with Crippen molar-refractivity contribution in [3.8, 4) is 12.3 Å². The summed E-state index contributed by atoms with van der Waals surface area (Å²) in [5, 5.41) is 0. The molecule has 0 N–H and O–H groups in total. The standard InChI is InChI=1S/C28H40O2/c1-6-24(2)21-11-15-27(5)22(25(21,3)14-12-23(24)30)10-9-19-20-8-7-13-28(20,18-29)17-16-26(19,27)4/h1,18-22H,7-17H2,2-5H3/t19?,20?,21?,22?,24-,25-,26+,27+,28?/m0/s1. The van der Waals surface area contributed by atoms with Crippen LogP contribution in [0.4, 0.5) is 0 Å². The Labute approximate surface area is 183 Å². The van der Waals surface area contributed by atoms with Gasteiger partial charge >= 0.3 is 0 Å². The summed E-state index contributed by atoms with van der Waals surface area (Å²) < 4.78 is 0. The number of hydrogen-bond acceptors (Lipinski definition) is 2. The van der Waals surface area contributed by atoms with Gasteiger partial charge < -0.3 is 4.79 Å². The summed E-state index contributed by atoms with van der Waals surface area (Å²) in [6.45, 7) is 9.73. The van der Waals surface area contributed by atoms with Gasteiger partial charge in [0, 0.05) is 11.8 Å². The fourth-order valence-electron chi connectivity index (χ4n) is 10.5. The first-order valence-corrected chi connectivity index (χ1v) is 12.6. The average Bonchev–Trinajstić information content (AvgIpc) is 3.16. The summed E-state index contributed by atoms with van der Waals surface area (Å²) in [5.41, 5.74) is 0.142. The van der Waals surface area contributed by atoms with Crippen LogP contribution in [0.3, 0.4) is 0 Å². The van der Waals surface area contributed by atoms with Gasteiger partial charge in [0.1, 0.15) is 6.29 Å². The Bertz CT molecular complexity index is 823. The zero-order valence-corrected chi connectivity index (χ0v) is 19.6. The molecule has 0 amide bonds. The molecule has 5 unspecified atom stereocenters. The van der Waals surface area contributed by atoms with E-state index in [1.54, 1.807) is 0 Å². The maximum atomic E-state index is 12.9. The molecule has 9 atom stereocenters. The molecule has 0 aromatic rings. The van der Waals surface area contributed by atoms with Gasteiger partial charge in [0.15, 0.2) is 5.78 Å².